The molecule has 0 radical (unpaired) electrons. The molecule has 2 saturated heterocycles. The number of likely N-dealkylation sites (tertiary alicyclic amines) is 2. The van der Waals surface area contributed by atoms with Crippen molar-refractivity contribution in [2.45, 2.75) is 45.4 Å². The predicted molar refractivity (Wildman–Crippen MR) is 113 cm³/mol. The standard InChI is InChI=1S/C22H30N6O/c1-16-12-17(2)25-22(24-16)26-19-7-8-20(23-13-19)18-6-5-9-27(14-18)15-21(29)28-10-3-4-11-28/h7-8,12-13,18H,3-6,9-11,14-15H2,1-2H3,(H,24,25,26). The summed E-state index contributed by atoms with van der Waals surface area (Å²) in [6.45, 7) is 8.22. The van der Waals surface area contributed by atoms with E-state index in [0.717, 1.165) is 74.6 Å². The minimum Gasteiger partial charge on any atom is -0.342 e. The van der Waals surface area contributed by atoms with Crippen LogP contribution >= 0.6 is 0 Å². The van der Waals surface area contributed by atoms with Crippen LogP contribution in [0.5, 0.6) is 0 Å². The van der Waals surface area contributed by atoms with Crippen LogP contribution in [0.25, 0.3) is 0 Å². The molecule has 0 aliphatic carbocycles. The fourth-order valence-corrected chi connectivity index (χ4v) is 4.33. The molecule has 1 amide bonds. The lowest BCUT2D eigenvalue weighted by atomic mass is 9.94. The molecule has 0 aromatic carbocycles. The number of anilines is 2. The van der Waals surface area contributed by atoms with E-state index in [2.05, 4.69) is 26.3 Å². The Labute approximate surface area is 172 Å². The van der Waals surface area contributed by atoms with Crippen LogP contribution in [-0.2, 0) is 4.79 Å². The number of hydrogen-bond donors (Lipinski definition) is 1. The number of nitrogens with zero attached hydrogens (tertiary/aromatic N) is 5. The van der Waals surface area contributed by atoms with Crippen LogP contribution in [0.3, 0.4) is 0 Å². The van der Waals surface area contributed by atoms with E-state index in [4.69, 9.17) is 4.98 Å². The van der Waals surface area contributed by atoms with Crippen LogP contribution in [0.1, 0.15) is 48.7 Å². The third-order valence-corrected chi connectivity index (χ3v) is 5.77. The summed E-state index contributed by atoms with van der Waals surface area (Å²) in [5.41, 5.74) is 3.86. The number of nitrogens with one attached hydrogen (secondary N) is 1. The molecule has 2 aliphatic heterocycles. The van der Waals surface area contributed by atoms with Gasteiger partial charge in [0.2, 0.25) is 11.9 Å². The molecule has 2 aromatic heterocycles. The molecule has 4 heterocycles. The molecule has 0 spiro atoms. The molecule has 1 atom stereocenters. The molecule has 154 valence electrons. The average Bonchev–Trinajstić information content (AvgIpc) is 3.23. The summed E-state index contributed by atoms with van der Waals surface area (Å²) in [4.78, 5) is 30.3. The Morgan fingerprint density at radius 1 is 1.10 bits per heavy atom. The van der Waals surface area contributed by atoms with Gasteiger partial charge in [-0.2, -0.15) is 0 Å². The molecule has 0 bridgehead atoms. The Bertz CT molecular complexity index is 827. The Kier molecular flexibility index (Phi) is 6.04. The normalized spacial score (nSPS) is 20.1. The Morgan fingerprint density at radius 3 is 2.55 bits per heavy atom. The van der Waals surface area contributed by atoms with Crippen molar-refractivity contribution in [1.82, 2.24) is 24.8 Å². The first-order valence-electron chi connectivity index (χ1n) is 10.6. The lowest BCUT2D eigenvalue weighted by Crippen LogP contribution is -2.43. The fraction of sp³-hybridized carbons (Fsp3) is 0.545. The molecule has 29 heavy (non-hydrogen) atoms. The minimum atomic E-state index is 0.282. The molecule has 1 unspecified atom stereocenters. The second-order valence-electron chi connectivity index (χ2n) is 8.23. The van der Waals surface area contributed by atoms with Crippen molar-refractivity contribution < 1.29 is 4.79 Å². The van der Waals surface area contributed by atoms with Crippen molar-refractivity contribution in [2.75, 3.05) is 38.0 Å². The number of hydrogen-bond acceptors (Lipinski definition) is 6. The van der Waals surface area contributed by atoms with Crippen LogP contribution in [0.15, 0.2) is 24.4 Å². The van der Waals surface area contributed by atoms with E-state index in [1.54, 1.807) is 0 Å². The Balaban J connectivity index is 1.36. The summed E-state index contributed by atoms with van der Waals surface area (Å²) in [6.07, 6.45) is 6.37. The first-order chi connectivity index (χ1) is 14.1. The van der Waals surface area contributed by atoms with Gasteiger partial charge < -0.3 is 10.2 Å². The summed E-state index contributed by atoms with van der Waals surface area (Å²) >= 11 is 0. The summed E-state index contributed by atoms with van der Waals surface area (Å²) in [5, 5.41) is 3.24. The highest BCUT2D eigenvalue weighted by molar-refractivity contribution is 5.78. The van der Waals surface area contributed by atoms with Crippen LogP contribution in [0.2, 0.25) is 0 Å². The minimum absolute atomic E-state index is 0.282. The zero-order valence-corrected chi connectivity index (χ0v) is 17.4. The van der Waals surface area contributed by atoms with Gasteiger partial charge in [0.25, 0.3) is 0 Å². The molecule has 2 fully saturated rings. The average molecular weight is 395 g/mol. The second-order valence-corrected chi connectivity index (χ2v) is 8.23. The number of aromatic nitrogens is 3. The van der Waals surface area contributed by atoms with Gasteiger partial charge in [-0.05, 0) is 64.3 Å². The molecule has 7 nitrogen and oxygen atoms in total. The van der Waals surface area contributed by atoms with Crippen molar-refractivity contribution in [2.24, 2.45) is 0 Å². The monoisotopic (exact) mass is 394 g/mol. The van der Waals surface area contributed by atoms with Gasteiger partial charge in [-0.15, -0.1) is 0 Å². The highest BCUT2D eigenvalue weighted by atomic mass is 16.2. The number of piperidine rings is 1. The van der Waals surface area contributed by atoms with E-state index in [0.29, 0.717) is 18.4 Å². The summed E-state index contributed by atoms with van der Waals surface area (Å²) in [6, 6.07) is 6.08. The number of aryl methyl sites for hydroxylation is 2. The molecular formula is C22H30N6O. The van der Waals surface area contributed by atoms with Gasteiger partial charge in [0, 0.05) is 42.6 Å². The zero-order valence-electron chi connectivity index (χ0n) is 17.4. The maximum atomic E-state index is 12.5. The van der Waals surface area contributed by atoms with Crippen LogP contribution in [0, 0.1) is 13.8 Å². The van der Waals surface area contributed by atoms with E-state index in [1.165, 1.54) is 0 Å². The van der Waals surface area contributed by atoms with Gasteiger partial charge >= 0.3 is 0 Å². The summed E-state index contributed by atoms with van der Waals surface area (Å²) < 4.78 is 0. The molecular weight excluding hydrogens is 364 g/mol. The van der Waals surface area contributed by atoms with E-state index in [1.807, 2.05) is 37.1 Å². The first kappa shape index (κ1) is 19.8. The van der Waals surface area contributed by atoms with Crippen molar-refractivity contribution in [3.8, 4) is 0 Å². The third kappa shape index (κ3) is 5.09. The Hall–Kier alpha value is -2.54. The highest BCUT2D eigenvalue weighted by Crippen LogP contribution is 2.26. The number of rotatable bonds is 5. The predicted octanol–water partition coefficient (Wildman–Crippen LogP) is 3.03. The van der Waals surface area contributed by atoms with Crippen molar-refractivity contribution in [3.63, 3.8) is 0 Å². The SMILES string of the molecule is Cc1cc(C)nc(Nc2ccc(C3CCCN(CC(=O)N4CCCC4)C3)nc2)n1. The van der Waals surface area contributed by atoms with E-state index < -0.39 is 0 Å². The van der Waals surface area contributed by atoms with E-state index >= 15 is 0 Å². The van der Waals surface area contributed by atoms with Crippen molar-refractivity contribution in [1.29, 1.82) is 0 Å². The number of carbonyl (C=O) groups excluding carboxylic acids is 1. The molecule has 2 aromatic rings. The molecule has 4 rings (SSSR count). The Morgan fingerprint density at radius 2 is 1.86 bits per heavy atom. The van der Waals surface area contributed by atoms with Gasteiger partial charge in [-0.1, -0.05) is 0 Å². The lowest BCUT2D eigenvalue weighted by molar-refractivity contribution is -0.131. The van der Waals surface area contributed by atoms with Gasteiger partial charge in [0.05, 0.1) is 18.4 Å². The van der Waals surface area contributed by atoms with Gasteiger partial charge in [-0.3, -0.25) is 14.7 Å². The number of amides is 1. The fourth-order valence-electron chi connectivity index (χ4n) is 4.33. The third-order valence-electron chi connectivity index (χ3n) is 5.77. The smallest absolute Gasteiger partial charge is 0.236 e. The molecule has 7 heteroatoms. The van der Waals surface area contributed by atoms with Crippen LogP contribution in [0.4, 0.5) is 11.6 Å². The summed E-state index contributed by atoms with van der Waals surface area (Å²) in [7, 11) is 0. The lowest BCUT2D eigenvalue weighted by Gasteiger charge is -2.33. The van der Waals surface area contributed by atoms with Gasteiger partial charge in [0.1, 0.15) is 0 Å². The quantitative estimate of drug-likeness (QED) is 0.840. The van der Waals surface area contributed by atoms with Crippen LogP contribution in [-0.4, -0.2) is 63.4 Å². The molecule has 1 N–H and O–H groups in total. The number of carbonyl (C=O) groups is 1. The maximum absolute atomic E-state index is 12.5. The topological polar surface area (TPSA) is 74.2 Å². The summed E-state index contributed by atoms with van der Waals surface area (Å²) in [5.74, 6) is 1.26. The van der Waals surface area contributed by atoms with Gasteiger partial charge in [0.15, 0.2) is 0 Å². The van der Waals surface area contributed by atoms with Crippen molar-refractivity contribution in [3.05, 3.63) is 41.5 Å². The zero-order chi connectivity index (χ0) is 20.2. The van der Waals surface area contributed by atoms with Crippen LogP contribution < -0.4 is 5.32 Å². The largest absolute Gasteiger partial charge is 0.342 e. The maximum Gasteiger partial charge on any atom is 0.236 e. The van der Waals surface area contributed by atoms with Gasteiger partial charge in [-0.25, -0.2) is 9.97 Å². The highest BCUT2D eigenvalue weighted by Gasteiger charge is 2.26. The van der Waals surface area contributed by atoms with E-state index in [-0.39, 0.29) is 5.91 Å². The number of pyridine rings is 1. The van der Waals surface area contributed by atoms with Crippen molar-refractivity contribution >= 4 is 17.5 Å². The first-order valence-corrected chi connectivity index (χ1v) is 10.6. The molecule has 2 aliphatic rings. The second kappa shape index (κ2) is 8.86. The van der Waals surface area contributed by atoms with E-state index in [9.17, 15) is 4.79 Å². The molecule has 0 saturated carbocycles.